The maximum absolute atomic E-state index is 11.0. The Bertz CT molecular complexity index is 769. The Balaban J connectivity index is 0.000000422. The zero-order valence-electron chi connectivity index (χ0n) is 12.6. The molecule has 7 heteroatoms. The second-order valence-electron chi connectivity index (χ2n) is 4.96. The molecule has 0 aliphatic rings. The number of hydrogen-bond donors (Lipinski definition) is 3. The van der Waals surface area contributed by atoms with E-state index in [1.807, 2.05) is 7.05 Å². The number of carbonyl (C=O) groups excluding carboxylic acids is 1. The van der Waals surface area contributed by atoms with Crippen LogP contribution >= 0.6 is 0 Å². The zero-order valence-corrected chi connectivity index (χ0v) is 13.4. The van der Waals surface area contributed by atoms with Gasteiger partial charge in [0.25, 0.3) is 10.1 Å². The van der Waals surface area contributed by atoms with Crippen molar-refractivity contribution in [2.75, 3.05) is 7.05 Å². The van der Waals surface area contributed by atoms with E-state index in [0.29, 0.717) is 28.7 Å². The molecule has 0 saturated heterocycles. The summed E-state index contributed by atoms with van der Waals surface area (Å²) in [6, 6.07) is 7.21. The van der Waals surface area contributed by atoms with E-state index in [-0.39, 0.29) is 5.75 Å². The van der Waals surface area contributed by atoms with Gasteiger partial charge in [0.05, 0.1) is 4.90 Å². The molecule has 2 aromatic rings. The van der Waals surface area contributed by atoms with Gasteiger partial charge in [0.2, 0.25) is 0 Å². The van der Waals surface area contributed by atoms with E-state index in [2.05, 4.69) is 19.2 Å². The first-order chi connectivity index (χ1) is 10.2. The molecule has 0 aliphatic heterocycles. The van der Waals surface area contributed by atoms with Gasteiger partial charge in [-0.25, -0.2) is 0 Å². The molecule has 0 aromatic heterocycles. The maximum Gasteiger partial charge on any atom is 0.294 e. The Morgan fingerprint density at radius 3 is 2.23 bits per heavy atom. The summed E-state index contributed by atoms with van der Waals surface area (Å²) in [5.41, 5.74) is 0.351. The molecule has 120 valence electrons. The van der Waals surface area contributed by atoms with Gasteiger partial charge in [-0.15, -0.1) is 0 Å². The summed E-state index contributed by atoms with van der Waals surface area (Å²) >= 11 is 0. The third-order valence-electron chi connectivity index (χ3n) is 2.94. The monoisotopic (exact) mass is 325 g/mol. The third kappa shape index (κ3) is 4.80. The van der Waals surface area contributed by atoms with Gasteiger partial charge in [-0.3, -0.25) is 9.35 Å². The van der Waals surface area contributed by atoms with Crippen LogP contribution in [0.2, 0.25) is 0 Å². The number of benzene rings is 2. The minimum Gasteiger partial charge on any atom is -0.507 e. The maximum atomic E-state index is 11.0. The smallest absolute Gasteiger partial charge is 0.294 e. The van der Waals surface area contributed by atoms with Gasteiger partial charge in [0.15, 0.2) is 0 Å². The summed E-state index contributed by atoms with van der Waals surface area (Å²) in [5.74, 6) is -0.271. The Kier molecular flexibility index (Phi) is 6.04. The Labute approximate surface area is 129 Å². The molecule has 0 spiro atoms. The SMILES string of the molecule is CNC(C)C.O=Cc1ccc2c(O)cc(S(=O)(=O)O)cc2c1. The highest BCUT2D eigenvalue weighted by atomic mass is 32.2. The molecule has 6 nitrogen and oxygen atoms in total. The molecule has 0 bridgehead atoms. The number of hydrogen-bond acceptors (Lipinski definition) is 5. The van der Waals surface area contributed by atoms with E-state index in [1.165, 1.54) is 24.3 Å². The normalized spacial score (nSPS) is 11.1. The van der Waals surface area contributed by atoms with Crippen LogP contribution in [0.3, 0.4) is 0 Å². The Hall–Kier alpha value is -1.96. The molecule has 0 atom stereocenters. The molecule has 0 aliphatic carbocycles. The van der Waals surface area contributed by atoms with Crippen LogP contribution in [0.15, 0.2) is 35.2 Å². The molecule has 0 amide bonds. The first-order valence-electron chi connectivity index (χ1n) is 6.55. The van der Waals surface area contributed by atoms with Crippen molar-refractivity contribution in [1.82, 2.24) is 5.32 Å². The fourth-order valence-electron chi connectivity index (χ4n) is 1.56. The highest BCUT2D eigenvalue weighted by Gasteiger charge is 2.13. The van der Waals surface area contributed by atoms with E-state index in [0.717, 1.165) is 6.07 Å². The molecule has 0 unspecified atom stereocenters. The molecule has 2 aromatic carbocycles. The second-order valence-corrected chi connectivity index (χ2v) is 6.38. The van der Waals surface area contributed by atoms with Crippen LogP contribution in [-0.2, 0) is 10.1 Å². The fraction of sp³-hybridized carbons (Fsp3) is 0.267. The molecule has 0 radical (unpaired) electrons. The van der Waals surface area contributed by atoms with E-state index in [9.17, 15) is 18.3 Å². The van der Waals surface area contributed by atoms with Gasteiger partial charge in [-0.05, 0) is 30.6 Å². The standard InChI is InChI=1S/C11H8O5S.C4H11N/c12-6-7-1-2-10-8(3-7)4-9(5-11(10)13)17(14,15)16;1-4(2)5-3/h1-6,13H,(H,14,15,16);4-5H,1-3H3. The molecular weight excluding hydrogens is 306 g/mol. The highest BCUT2D eigenvalue weighted by Crippen LogP contribution is 2.29. The lowest BCUT2D eigenvalue weighted by atomic mass is 10.1. The van der Waals surface area contributed by atoms with Gasteiger partial charge >= 0.3 is 0 Å². The first kappa shape index (κ1) is 18.1. The molecule has 22 heavy (non-hydrogen) atoms. The van der Waals surface area contributed by atoms with Crippen LogP contribution in [0.5, 0.6) is 5.75 Å². The highest BCUT2D eigenvalue weighted by molar-refractivity contribution is 7.85. The van der Waals surface area contributed by atoms with E-state index >= 15 is 0 Å². The number of nitrogens with one attached hydrogen (secondary N) is 1. The van der Waals surface area contributed by atoms with Gasteiger partial charge in [0, 0.05) is 23.1 Å². The average molecular weight is 325 g/mol. The van der Waals surface area contributed by atoms with Crippen LogP contribution in [-0.4, -0.2) is 37.5 Å². The summed E-state index contributed by atoms with van der Waals surface area (Å²) in [6.07, 6.45) is 0.608. The first-order valence-corrected chi connectivity index (χ1v) is 7.99. The lowest BCUT2D eigenvalue weighted by molar-refractivity contribution is 0.112. The minimum absolute atomic E-state index is 0.271. The van der Waals surface area contributed by atoms with Gasteiger partial charge in [-0.1, -0.05) is 19.9 Å². The number of rotatable bonds is 3. The van der Waals surface area contributed by atoms with Crippen LogP contribution < -0.4 is 5.32 Å². The van der Waals surface area contributed by atoms with Gasteiger partial charge in [-0.2, -0.15) is 8.42 Å². The van der Waals surface area contributed by atoms with Crippen molar-refractivity contribution in [3.05, 3.63) is 35.9 Å². The van der Waals surface area contributed by atoms with Crippen molar-refractivity contribution in [3.8, 4) is 5.75 Å². The molecular formula is C15H19NO5S. The van der Waals surface area contributed by atoms with Crippen LogP contribution in [0, 0.1) is 0 Å². The lowest BCUT2D eigenvalue weighted by Gasteiger charge is -2.04. The topological polar surface area (TPSA) is 104 Å². The number of aromatic hydroxyl groups is 1. The number of fused-ring (bicyclic) bond motifs is 1. The molecule has 3 N–H and O–H groups in total. The van der Waals surface area contributed by atoms with Crippen LogP contribution in [0.1, 0.15) is 24.2 Å². The van der Waals surface area contributed by atoms with E-state index in [4.69, 9.17) is 4.55 Å². The largest absolute Gasteiger partial charge is 0.507 e. The molecule has 0 fully saturated rings. The van der Waals surface area contributed by atoms with Crippen molar-refractivity contribution in [3.63, 3.8) is 0 Å². The van der Waals surface area contributed by atoms with Crippen molar-refractivity contribution >= 4 is 27.2 Å². The van der Waals surface area contributed by atoms with Gasteiger partial charge < -0.3 is 10.4 Å². The summed E-state index contributed by atoms with van der Waals surface area (Å²) in [6.45, 7) is 4.22. The second kappa shape index (κ2) is 7.35. The van der Waals surface area contributed by atoms with Crippen molar-refractivity contribution < 1.29 is 22.9 Å². The molecule has 0 saturated carbocycles. The average Bonchev–Trinajstić information content (AvgIpc) is 2.46. The molecule has 2 rings (SSSR count). The van der Waals surface area contributed by atoms with Crippen molar-refractivity contribution in [2.45, 2.75) is 24.8 Å². The lowest BCUT2D eigenvalue weighted by Crippen LogP contribution is -2.15. The van der Waals surface area contributed by atoms with Crippen LogP contribution in [0.4, 0.5) is 0 Å². The minimum atomic E-state index is -4.38. The summed E-state index contributed by atoms with van der Waals surface area (Å²) in [7, 11) is -2.44. The predicted octanol–water partition coefficient (Wildman–Crippen LogP) is 2.22. The van der Waals surface area contributed by atoms with E-state index in [1.54, 1.807) is 0 Å². The summed E-state index contributed by atoms with van der Waals surface area (Å²) < 4.78 is 30.8. The van der Waals surface area contributed by atoms with Crippen molar-refractivity contribution in [2.24, 2.45) is 0 Å². The number of phenols is 1. The third-order valence-corrected chi connectivity index (χ3v) is 3.77. The van der Waals surface area contributed by atoms with Crippen molar-refractivity contribution in [1.29, 1.82) is 0 Å². The number of phenolic OH excluding ortho intramolecular Hbond substituents is 1. The summed E-state index contributed by atoms with van der Waals surface area (Å²) in [4.78, 5) is 10.2. The number of aldehydes is 1. The molecule has 0 heterocycles. The Morgan fingerprint density at radius 2 is 1.77 bits per heavy atom. The summed E-state index contributed by atoms with van der Waals surface area (Å²) in [5, 5.41) is 13.4. The van der Waals surface area contributed by atoms with Crippen LogP contribution in [0.25, 0.3) is 10.8 Å². The van der Waals surface area contributed by atoms with Gasteiger partial charge in [0.1, 0.15) is 12.0 Å². The van der Waals surface area contributed by atoms with E-state index < -0.39 is 15.0 Å². The zero-order chi connectivity index (χ0) is 16.9. The predicted molar refractivity (Wildman–Crippen MR) is 85.0 cm³/mol. The Morgan fingerprint density at radius 1 is 1.18 bits per heavy atom. The fourth-order valence-corrected chi connectivity index (χ4v) is 2.10. The quantitative estimate of drug-likeness (QED) is 0.590. The number of carbonyl (C=O) groups is 1.